The van der Waals surface area contributed by atoms with Crippen LogP contribution in [-0.4, -0.2) is 32.8 Å². The molecule has 1 heterocycles. The minimum Gasteiger partial charge on any atom is -0.493 e. The van der Waals surface area contributed by atoms with Crippen LogP contribution in [0.4, 0.5) is 13.6 Å². The monoisotopic (exact) mass is 343 g/mol. The molecule has 0 aromatic heterocycles. The SMILES string of the molecule is COc1ccc([C@@H]2NC(=O)OCC2(F)F)c(Cl)c1OC.Cl. The number of methoxy groups -OCH3 is 2. The number of hydrogen-bond acceptors (Lipinski definition) is 4. The number of nitrogens with one attached hydrogen (secondary N) is 1. The normalized spacial score (nSPS) is 19.9. The molecule has 118 valence electrons. The van der Waals surface area contributed by atoms with Crippen molar-refractivity contribution >= 4 is 30.1 Å². The molecule has 5 nitrogen and oxygen atoms in total. The zero-order valence-corrected chi connectivity index (χ0v) is 12.7. The molecule has 1 fully saturated rings. The van der Waals surface area contributed by atoms with Gasteiger partial charge in [-0.3, -0.25) is 0 Å². The van der Waals surface area contributed by atoms with Gasteiger partial charge in [0.05, 0.1) is 19.2 Å². The van der Waals surface area contributed by atoms with Crippen molar-refractivity contribution in [1.29, 1.82) is 0 Å². The largest absolute Gasteiger partial charge is 0.493 e. The van der Waals surface area contributed by atoms with Gasteiger partial charge in [-0.15, -0.1) is 12.4 Å². The molecule has 0 bridgehead atoms. The minimum absolute atomic E-state index is 0. The van der Waals surface area contributed by atoms with E-state index >= 15 is 0 Å². The van der Waals surface area contributed by atoms with Crippen molar-refractivity contribution in [2.45, 2.75) is 12.0 Å². The van der Waals surface area contributed by atoms with E-state index in [2.05, 4.69) is 10.1 Å². The first-order valence-electron chi connectivity index (χ1n) is 5.62. The topological polar surface area (TPSA) is 56.8 Å². The third-order valence-corrected chi connectivity index (χ3v) is 3.30. The molecule has 0 radical (unpaired) electrons. The van der Waals surface area contributed by atoms with E-state index in [-0.39, 0.29) is 28.7 Å². The molecule has 0 spiro atoms. The van der Waals surface area contributed by atoms with E-state index in [9.17, 15) is 13.6 Å². The summed E-state index contributed by atoms with van der Waals surface area (Å²) in [4.78, 5) is 11.2. The Morgan fingerprint density at radius 1 is 1.38 bits per heavy atom. The Morgan fingerprint density at radius 3 is 2.62 bits per heavy atom. The van der Waals surface area contributed by atoms with Crippen LogP contribution in [0.15, 0.2) is 12.1 Å². The molecule has 1 N–H and O–H groups in total. The van der Waals surface area contributed by atoms with Gasteiger partial charge in [0.1, 0.15) is 6.04 Å². The molecule has 1 amide bonds. The van der Waals surface area contributed by atoms with E-state index in [4.69, 9.17) is 21.1 Å². The van der Waals surface area contributed by atoms with Crippen LogP contribution in [0.25, 0.3) is 0 Å². The number of cyclic esters (lactones) is 1. The van der Waals surface area contributed by atoms with E-state index in [1.54, 1.807) is 0 Å². The zero-order valence-electron chi connectivity index (χ0n) is 11.1. The Hall–Kier alpha value is -1.47. The third-order valence-electron chi connectivity index (χ3n) is 2.91. The maximum Gasteiger partial charge on any atom is 0.408 e. The fourth-order valence-corrected chi connectivity index (χ4v) is 2.29. The van der Waals surface area contributed by atoms with Crippen LogP contribution in [0.2, 0.25) is 5.02 Å². The predicted molar refractivity (Wildman–Crippen MR) is 74.0 cm³/mol. The zero-order chi connectivity index (χ0) is 14.9. The van der Waals surface area contributed by atoms with Crippen LogP contribution in [0, 0.1) is 0 Å². The minimum atomic E-state index is -3.28. The number of halogens is 4. The van der Waals surface area contributed by atoms with Gasteiger partial charge in [-0.2, -0.15) is 0 Å². The first-order chi connectivity index (χ1) is 9.40. The maximum atomic E-state index is 13.9. The van der Waals surface area contributed by atoms with Gasteiger partial charge >= 0.3 is 12.0 Å². The van der Waals surface area contributed by atoms with E-state index in [1.807, 2.05) is 0 Å². The lowest BCUT2D eigenvalue weighted by Crippen LogP contribution is -2.49. The van der Waals surface area contributed by atoms with Gasteiger partial charge in [-0.05, 0) is 6.07 Å². The lowest BCUT2D eigenvalue weighted by Gasteiger charge is -2.32. The molecule has 0 aliphatic carbocycles. The number of ether oxygens (including phenoxy) is 3. The highest BCUT2D eigenvalue weighted by Crippen LogP contribution is 2.44. The van der Waals surface area contributed by atoms with Gasteiger partial charge in [-0.1, -0.05) is 17.7 Å². The van der Waals surface area contributed by atoms with Gasteiger partial charge in [0.15, 0.2) is 18.1 Å². The maximum absolute atomic E-state index is 13.9. The molecule has 21 heavy (non-hydrogen) atoms. The average Bonchev–Trinajstić information content (AvgIpc) is 2.41. The van der Waals surface area contributed by atoms with Crippen molar-refractivity contribution in [2.24, 2.45) is 0 Å². The second-order valence-electron chi connectivity index (χ2n) is 4.12. The van der Waals surface area contributed by atoms with Crippen molar-refractivity contribution < 1.29 is 27.8 Å². The summed E-state index contributed by atoms with van der Waals surface area (Å²) < 4.78 is 42.1. The van der Waals surface area contributed by atoms with Gasteiger partial charge in [0.2, 0.25) is 0 Å². The van der Waals surface area contributed by atoms with Crippen molar-refractivity contribution in [3.05, 3.63) is 22.7 Å². The highest BCUT2D eigenvalue weighted by atomic mass is 35.5. The number of carbonyl (C=O) groups excluding carboxylic acids is 1. The predicted octanol–water partition coefficient (Wildman–Crippen LogP) is 3.20. The second-order valence-corrected chi connectivity index (χ2v) is 4.50. The van der Waals surface area contributed by atoms with E-state index in [1.165, 1.54) is 26.4 Å². The van der Waals surface area contributed by atoms with Gasteiger partial charge in [0.25, 0.3) is 0 Å². The van der Waals surface area contributed by atoms with Crippen LogP contribution in [0.5, 0.6) is 11.5 Å². The number of amides is 1. The van der Waals surface area contributed by atoms with E-state index in [0.717, 1.165) is 0 Å². The number of rotatable bonds is 3. The van der Waals surface area contributed by atoms with Crippen molar-refractivity contribution in [3.8, 4) is 11.5 Å². The Kier molecular flexibility index (Phi) is 5.47. The number of benzene rings is 1. The van der Waals surface area contributed by atoms with Crippen molar-refractivity contribution in [1.82, 2.24) is 5.32 Å². The fourth-order valence-electron chi connectivity index (χ4n) is 1.94. The summed E-state index contributed by atoms with van der Waals surface area (Å²) in [6, 6.07) is 1.21. The molecule has 1 aromatic carbocycles. The highest BCUT2D eigenvalue weighted by Gasteiger charge is 2.48. The summed E-state index contributed by atoms with van der Waals surface area (Å²) in [6.45, 7) is -1.01. The molecule has 1 aliphatic heterocycles. The Balaban J connectivity index is 0.00000220. The van der Waals surface area contributed by atoms with Gasteiger partial charge in [0, 0.05) is 5.56 Å². The summed E-state index contributed by atoms with van der Waals surface area (Å²) in [5, 5.41) is 2.02. The number of alkyl halides is 2. The standard InChI is InChI=1S/C12H12ClF2NO4.ClH/c1-18-7-4-3-6(8(13)9(7)19-2)10-12(14,15)5-20-11(17)16-10;/h3-4,10H,5H2,1-2H3,(H,16,17);1H/t10-;/m0./s1. The van der Waals surface area contributed by atoms with Crippen LogP contribution < -0.4 is 14.8 Å². The molecule has 0 unspecified atom stereocenters. The summed E-state index contributed by atoms with van der Waals surface area (Å²) in [7, 11) is 2.74. The number of carbonyl (C=O) groups is 1. The molecular weight excluding hydrogens is 331 g/mol. The van der Waals surface area contributed by atoms with Gasteiger partial charge < -0.3 is 19.5 Å². The van der Waals surface area contributed by atoms with Crippen LogP contribution in [-0.2, 0) is 4.74 Å². The first-order valence-corrected chi connectivity index (χ1v) is 6.00. The third kappa shape index (κ3) is 3.24. The summed E-state index contributed by atoms with van der Waals surface area (Å²) in [5.41, 5.74) is 0.0333. The quantitative estimate of drug-likeness (QED) is 0.915. The first kappa shape index (κ1) is 17.6. The summed E-state index contributed by atoms with van der Waals surface area (Å²) in [6.07, 6.45) is -0.924. The average molecular weight is 344 g/mol. The van der Waals surface area contributed by atoms with Crippen LogP contribution in [0.3, 0.4) is 0 Å². The lowest BCUT2D eigenvalue weighted by molar-refractivity contribution is -0.104. The molecular formula is C12H13Cl2F2NO4. The Bertz CT molecular complexity index is 542. The molecule has 1 aromatic rings. The lowest BCUT2D eigenvalue weighted by atomic mass is 9.99. The molecule has 1 atom stereocenters. The van der Waals surface area contributed by atoms with E-state index in [0.29, 0.717) is 5.75 Å². The van der Waals surface area contributed by atoms with Crippen LogP contribution >= 0.6 is 24.0 Å². The summed E-state index contributed by atoms with van der Waals surface area (Å²) >= 11 is 6.07. The summed E-state index contributed by atoms with van der Waals surface area (Å²) in [5.74, 6) is -2.84. The smallest absolute Gasteiger partial charge is 0.408 e. The number of alkyl carbamates (subject to hydrolysis) is 1. The second kappa shape index (κ2) is 6.53. The molecule has 0 saturated carbocycles. The highest BCUT2D eigenvalue weighted by molar-refractivity contribution is 6.33. The Labute approximate surface area is 130 Å². The van der Waals surface area contributed by atoms with Crippen LogP contribution in [0.1, 0.15) is 11.6 Å². The van der Waals surface area contributed by atoms with E-state index < -0.39 is 24.7 Å². The van der Waals surface area contributed by atoms with Crippen molar-refractivity contribution in [2.75, 3.05) is 20.8 Å². The fraction of sp³-hybridized carbons (Fsp3) is 0.417. The molecule has 1 aliphatic rings. The Morgan fingerprint density at radius 2 is 2.05 bits per heavy atom. The van der Waals surface area contributed by atoms with Gasteiger partial charge in [-0.25, -0.2) is 13.6 Å². The number of hydrogen-bond donors (Lipinski definition) is 1. The molecule has 9 heteroatoms. The molecule has 2 rings (SSSR count). The van der Waals surface area contributed by atoms with Crippen molar-refractivity contribution in [3.63, 3.8) is 0 Å². The molecule has 1 saturated heterocycles.